The van der Waals surface area contributed by atoms with Crippen molar-refractivity contribution in [1.82, 2.24) is 15.0 Å². The topological polar surface area (TPSA) is 68.1 Å². The summed E-state index contributed by atoms with van der Waals surface area (Å²) in [4.78, 5) is 14.7. The molecule has 0 aliphatic rings. The minimum Gasteiger partial charge on any atom is -0.480 e. The van der Waals surface area contributed by atoms with E-state index in [2.05, 4.69) is 38.8 Å². The van der Waals surface area contributed by atoms with Crippen LogP contribution < -0.4 is 4.74 Å². The Hall–Kier alpha value is -2.27. The van der Waals surface area contributed by atoms with Gasteiger partial charge in [-0.15, -0.1) is 0 Å². The molecule has 0 radical (unpaired) electrons. The lowest BCUT2D eigenvalue weighted by molar-refractivity contribution is 0.270. The summed E-state index contributed by atoms with van der Waals surface area (Å²) < 4.78 is 5.60. The molecule has 1 N–H and O–H groups in total. The summed E-state index contributed by atoms with van der Waals surface area (Å²) in [7, 11) is 1.65. The number of aliphatic hydroxyl groups is 1. The van der Waals surface area contributed by atoms with E-state index in [1.165, 1.54) is 0 Å². The summed E-state index contributed by atoms with van der Waals surface area (Å²) in [6.07, 6.45) is 4.56. The first kappa shape index (κ1) is 23.0. The monoisotopic (exact) mass is 397 g/mol. The van der Waals surface area contributed by atoms with E-state index < -0.39 is 0 Å². The number of hydrogen-bond acceptors (Lipinski definition) is 5. The number of pyridine rings is 1. The molecule has 2 aromatic rings. The SMILES string of the molecule is C/C=C(\c1nc(CC)c(-c2ccc(C(C)C)nc2OC)nc1C)[C@H](CC)CCO. The van der Waals surface area contributed by atoms with Crippen LogP contribution in [0.5, 0.6) is 5.88 Å². The van der Waals surface area contributed by atoms with Gasteiger partial charge < -0.3 is 9.84 Å². The molecular weight excluding hydrogens is 362 g/mol. The molecule has 0 unspecified atom stereocenters. The van der Waals surface area contributed by atoms with E-state index in [1.54, 1.807) is 7.11 Å². The summed E-state index contributed by atoms with van der Waals surface area (Å²) in [6, 6.07) is 4.08. The Bertz CT molecular complexity index is 859. The second kappa shape index (κ2) is 10.5. The van der Waals surface area contributed by atoms with Gasteiger partial charge in [-0.1, -0.05) is 33.8 Å². The smallest absolute Gasteiger partial charge is 0.222 e. The van der Waals surface area contributed by atoms with E-state index in [-0.39, 0.29) is 12.5 Å². The Morgan fingerprint density at radius 1 is 1.17 bits per heavy atom. The lowest BCUT2D eigenvalue weighted by Gasteiger charge is -2.21. The number of aromatic nitrogens is 3. The van der Waals surface area contributed by atoms with Crippen molar-refractivity contribution >= 4 is 5.57 Å². The fourth-order valence-corrected chi connectivity index (χ4v) is 3.70. The number of hydrogen-bond donors (Lipinski definition) is 1. The van der Waals surface area contributed by atoms with Gasteiger partial charge in [-0.2, -0.15) is 0 Å². The molecule has 2 rings (SSSR count). The Kier molecular flexibility index (Phi) is 8.32. The largest absolute Gasteiger partial charge is 0.480 e. The highest BCUT2D eigenvalue weighted by atomic mass is 16.5. The summed E-state index contributed by atoms with van der Waals surface area (Å²) >= 11 is 0. The molecule has 5 nitrogen and oxygen atoms in total. The summed E-state index contributed by atoms with van der Waals surface area (Å²) in [6.45, 7) is 12.7. The molecule has 0 fully saturated rings. The molecule has 158 valence electrons. The number of ether oxygens (including phenoxy) is 1. The molecular formula is C24H35N3O2. The van der Waals surface area contributed by atoms with Gasteiger partial charge in [0.1, 0.15) is 0 Å². The Labute approximate surface area is 175 Å². The molecule has 2 heterocycles. The molecule has 0 spiro atoms. The molecule has 0 amide bonds. The first-order chi connectivity index (χ1) is 13.9. The van der Waals surface area contributed by atoms with Gasteiger partial charge in [0, 0.05) is 12.3 Å². The highest BCUT2D eigenvalue weighted by Crippen LogP contribution is 2.34. The van der Waals surface area contributed by atoms with Crippen molar-refractivity contribution in [3.05, 3.63) is 41.0 Å². The third kappa shape index (κ3) is 5.02. The maximum Gasteiger partial charge on any atom is 0.222 e. The average Bonchev–Trinajstić information content (AvgIpc) is 2.73. The van der Waals surface area contributed by atoms with Crippen molar-refractivity contribution < 1.29 is 9.84 Å². The number of allylic oxidation sites excluding steroid dienone is 2. The van der Waals surface area contributed by atoms with Gasteiger partial charge in [0.25, 0.3) is 0 Å². The molecule has 2 aromatic heterocycles. The minimum atomic E-state index is 0.173. The van der Waals surface area contributed by atoms with Crippen LogP contribution in [0.1, 0.15) is 76.2 Å². The highest BCUT2D eigenvalue weighted by molar-refractivity contribution is 5.71. The third-order valence-corrected chi connectivity index (χ3v) is 5.39. The Morgan fingerprint density at radius 3 is 2.41 bits per heavy atom. The predicted octanol–water partition coefficient (Wildman–Crippen LogP) is 5.35. The number of nitrogens with zero attached hydrogens (tertiary/aromatic N) is 3. The molecule has 0 saturated heterocycles. The van der Waals surface area contributed by atoms with Crippen LogP contribution in [0.3, 0.4) is 0 Å². The molecule has 1 atom stereocenters. The quantitative estimate of drug-likeness (QED) is 0.617. The average molecular weight is 398 g/mol. The lowest BCUT2D eigenvalue weighted by atomic mass is 9.89. The standard InChI is InChI=1S/C24H35N3O2/c1-8-17(13-14-28)18(9-2)22-16(6)25-23(20(10-3)26-22)19-11-12-21(15(4)5)27-24(19)29-7/h9,11-12,15,17,28H,8,10,13-14H2,1-7H3/b18-9-/t17-/m1/s1. The van der Waals surface area contributed by atoms with E-state index in [0.717, 1.165) is 58.9 Å². The molecule has 0 bridgehead atoms. The Morgan fingerprint density at radius 2 is 1.90 bits per heavy atom. The van der Waals surface area contributed by atoms with Gasteiger partial charge >= 0.3 is 0 Å². The molecule has 29 heavy (non-hydrogen) atoms. The number of aliphatic hydroxyl groups excluding tert-OH is 1. The van der Waals surface area contributed by atoms with Gasteiger partial charge in [-0.3, -0.25) is 0 Å². The van der Waals surface area contributed by atoms with Gasteiger partial charge in [0.05, 0.1) is 35.4 Å². The second-order valence-corrected chi connectivity index (χ2v) is 7.62. The highest BCUT2D eigenvalue weighted by Gasteiger charge is 2.22. The zero-order valence-corrected chi connectivity index (χ0v) is 18.9. The molecule has 5 heteroatoms. The van der Waals surface area contributed by atoms with Crippen LogP contribution in [0.4, 0.5) is 0 Å². The van der Waals surface area contributed by atoms with Crippen LogP contribution in [0, 0.1) is 12.8 Å². The zero-order valence-electron chi connectivity index (χ0n) is 18.9. The van der Waals surface area contributed by atoms with Gasteiger partial charge in [0.15, 0.2) is 0 Å². The number of methoxy groups -OCH3 is 1. The minimum absolute atomic E-state index is 0.173. The number of rotatable bonds is 9. The van der Waals surface area contributed by atoms with Crippen molar-refractivity contribution in [2.45, 2.75) is 66.7 Å². The summed E-state index contributed by atoms with van der Waals surface area (Å²) in [5.41, 5.74) is 6.61. The molecule has 0 aromatic carbocycles. The van der Waals surface area contributed by atoms with Crippen molar-refractivity contribution in [2.75, 3.05) is 13.7 Å². The van der Waals surface area contributed by atoms with Crippen molar-refractivity contribution in [1.29, 1.82) is 0 Å². The third-order valence-electron chi connectivity index (χ3n) is 5.39. The van der Waals surface area contributed by atoms with Gasteiger partial charge in [-0.05, 0) is 62.7 Å². The second-order valence-electron chi connectivity index (χ2n) is 7.62. The fourth-order valence-electron chi connectivity index (χ4n) is 3.70. The summed E-state index contributed by atoms with van der Waals surface area (Å²) in [5, 5.41) is 9.46. The van der Waals surface area contributed by atoms with Crippen LogP contribution in [-0.2, 0) is 6.42 Å². The zero-order chi connectivity index (χ0) is 21.6. The van der Waals surface area contributed by atoms with E-state index >= 15 is 0 Å². The van der Waals surface area contributed by atoms with Gasteiger partial charge in [-0.25, -0.2) is 15.0 Å². The summed E-state index contributed by atoms with van der Waals surface area (Å²) in [5.74, 6) is 1.19. The maximum absolute atomic E-state index is 9.46. The van der Waals surface area contributed by atoms with E-state index in [9.17, 15) is 5.11 Å². The van der Waals surface area contributed by atoms with Crippen molar-refractivity contribution in [2.24, 2.45) is 5.92 Å². The van der Waals surface area contributed by atoms with E-state index in [4.69, 9.17) is 14.7 Å². The van der Waals surface area contributed by atoms with E-state index in [1.807, 2.05) is 26.0 Å². The molecule has 0 saturated carbocycles. The fraction of sp³-hybridized carbons (Fsp3) is 0.542. The van der Waals surface area contributed by atoms with Crippen LogP contribution >= 0.6 is 0 Å². The normalized spacial score (nSPS) is 13.1. The Balaban J connectivity index is 2.62. The first-order valence-electron chi connectivity index (χ1n) is 10.6. The van der Waals surface area contributed by atoms with Gasteiger partial charge in [0.2, 0.25) is 5.88 Å². The van der Waals surface area contributed by atoms with E-state index in [0.29, 0.717) is 11.8 Å². The first-order valence-corrected chi connectivity index (χ1v) is 10.6. The molecule has 0 aliphatic heterocycles. The van der Waals surface area contributed by atoms with Crippen LogP contribution in [0.25, 0.3) is 16.8 Å². The number of aryl methyl sites for hydroxylation is 2. The predicted molar refractivity (Wildman–Crippen MR) is 119 cm³/mol. The lowest BCUT2D eigenvalue weighted by Crippen LogP contribution is -2.11. The maximum atomic E-state index is 9.46. The van der Waals surface area contributed by atoms with Crippen molar-refractivity contribution in [3.63, 3.8) is 0 Å². The van der Waals surface area contributed by atoms with Crippen LogP contribution in [-0.4, -0.2) is 33.8 Å². The van der Waals surface area contributed by atoms with Crippen molar-refractivity contribution in [3.8, 4) is 17.1 Å². The molecule has 0 aliphatic carbocycles. The van der Waals surface area contributed by atoms with Crippen LogP contribution in [0.2, 0.25) is 0 Å². The van der Waals surface area contributed by atoms with Crippen LogP contribution in [0.15, 0.2) is 18.2 Å².